The minimum absolute atomic E-state index is 0. The molecule has 3 aliphatic rings. The third-order valence-corrected chi connectivity index (χ3v) is 6.26. The van der Waals surface area contributed by atoms with Gasteiger partial charge in [0.05, 0.1) is 12.7 Å². The van der Waals surface area contributed by atoms with Crippen LogP contribution < -0.4 is 10.6 Å². The summed E-state index contributed by atoms with van der Waals surface area (Å²) in [6.07, 6.45) is 7.55. The molecule has 0 aromatic heterocycles. The van der Waals surface area contributed by atoms with E-state index < -0.39 is 0 Å². The van der Waals surface area contributed by atoms with E-state index in [-0.39, 0.29) is 24.0 Å². The number of halogens is 1. The summed E-state index contributed by atoms with van der Waals surface area (Å²) in [4.78, 5) is 7.08. The highest BCUT2D eigenvalue weighted by molar-refractivity contribution is 14.0. The fourth-order valence-corrected chi connectivity index (χ4v) is 4.31. The van der Waals surface area contributed by atoms with E-state index in [1.165, 1.54) is 49.9 Å². The van der Waals surface area contributed by atoms with Gasteiger partial charge in [-0.3, -0.25) is 4.99 Å². The molecule has 7 heteroatoms. The van der Waals surface area contributed by atoms with Gasteiger partial charge in [-0.15, -0.1) is 24.0 Å². The van der Waals surface area contributed by atoms with E-state index in [0.717, 1.165) is 44.6 Å². The van der Waals surface area contributed by atoms with Crippen molar-refractivity contribution >= 4 is 29.9 Å². The van der Waals surface area contributed by atoms with Crippen molar-refractivity contribution in [1.82, 2.24) is 15.5 Å². The van der Waals surface area contributed by atoms with Crippen LogP contribution in [0.15, 0.2) is 29.3 Å². The predicted molar refractivity (Wildman–Crippen MR) is 131 cm³/mol. The lowest BCUT2D eigenvalue weighted by Gasteiger charge is -2.33. The van der Waals surface area contributed by atoms with Crippen molar-refractivity contribution in [3.05, 3.63) is 35.4 Å². The zero-order chi connectivity index (χ0) is 19.9. The molecule has 3 fully saturated rings. The topological polar surface area (TPSA) is 58.1 Å². The first-order valence-corrected chi connectivity index (χ1v) is 11.3. The van der Waals surface area contributed by atoms with Crippen LogP contribution >= 0.6 is 24.0 Å². The monoisotopic (exact) mass is 528 g/mol. The van der Waals surface area contributed by atoms with Crippen LogP contribution in [0.5, 0.6) is 0 Å². The fraction of sp³-hybridized carbons (Fsp3) is 0.696. The average molecular weight is 528 g/mol. The zero-order valence-corrected chi connectivity index (χ0v) is 20.5. The number of nitrogens with zero attached hydrogens (tertiary/aromatic N) is 2. The van der Waals surface area contributed by atoms with Gasteiger partial charge in [0.15, 0.2) is 5.96 Å². The van der Waals surface area contributed by atoms with Crippen LogP contribution in [-0.2, 0) is 22.6 Å². The van der Waals surface area contributed by atoms with Gasteiger partial charge in [-0.2, -0.15) is 0 Å². The molecular formula is C23H37IN4O2. The second-order valence-corrected chi connectivity index (χ2v) is 8.55. The van der Waals surface area contributed by atoms with Crippen molar-refractivity contribution in [2.75, 3.05) is 33.4 Å². The Kier molecular flexibility index (Phi) is 9.67. The number of rotatable bonds is 7. The molecule has 1 aromatic rings. The molecule has 2 heterocycles. The Balaban J connectivity index is 0.00000256. The number of aliphatic imine (C=N–C) groups is 1. The lowest BCUT2D eigenvalue weighted by atomic mass is 10.1. The van der Waals surface area contributed by atoms with Gasteiger partial charge >= 0.3 is 0 Å². The maximum absolute atomic E-state index is 6.06. The van der Waals surface area contributed by atoms with Crippen molar-refractivity contribution < 1.29 is 9.47 Å². The van der Waals surface area contributed by atoms with E-state index in [4.69, 9.17) is 9.47 Å². The van der Waals surface area contributed by atoms with E-state index in [9.17, 15) is 0 Å². The molecule has 1 saturated carbocycles. The average Bonchev–Trinajstić information content (AvgIpc) is 3.62. The van der Waals surface area contributed by atoms with E-state index in [2.05, 4.69) is 44.8 Å². The first-order chi connectivity index (χ1) is 14.3. The lowest BCUT2D eigenvalue weighted by molar-refractivity contribution is -0.0390. The molecule has 4 rings (SSSR count). The van der Waals surface area contributed by atoms with Crippen molar-refractivity contribution in [3.8, 4) is 0 Å². The second kappa shape index (κ2) is 12.2. The Hall–Kier alpha value is -0.900. The van der Waals surface area contributed by atoms with Crippen LogP contribution in [0, 0.1) is 0 Å². The maximum atomic E-state index is 6.06. The van der Waals surface area contributed by atoms with Gasteiger partial charge in [0.2, 0.25) is 0 Å². The number of benzene rings is 1. The maximum Gasteiger partial charge on any atom is 0.191 e. The Bertz CT molecular complexity index is 669. The summed E-state index contributed by atoms with van der Waals surface area (Å²) in [5.74, 6) is 0.902. The molecule has 2 saturated heterocycles. The number of hydrogen-bond acceptors (Lipinski definition) is 4. The summed E-state index contributed by atoms with van der Waals surface area (Å²) in [6, 6.07) is 10.1. The fourth-order valence-electron chi connectivity index (χ4n) is 4.31. The van der Waals surface area contributed by atoms with Crippen LogP contribution in [0.3, 0.4) is 0 Å². The molecule has 1 aliphatic carbocycles. The lowest BCUT2D eigenvalue weighted by Crippen LogP contribution is -2.48. The number of guanidine groups is 1. The Morgan fingerprint density at radius 2 is 1.83 bits per heavy atom. The van der Waals surface area contributed by atoms with Crippen LogP contribution in [0.25, 0.3) is 0 Å². The first kappa shape index (κ1) is 23.8. The summed E-state index contributed by atoms with van der Waals surface area (Å²) >= 11 is 0. The second-order valence-electron chi connectivity index (χ2n) is 8.55. The molecule has 2 aliphatic heterocycles. The summed E-state index contributed by atoms with van der Waals surface area (Å²) in [5.41, 5.74) is 2.48. The number of ether oxygens (including phenoxy) is 2. The molecule has 30 heavy (non-hydrogen) atoms. The van der Waals surface area contributed by atoms with Crippen molar-refractivity contribution in [2.24, 2.45) is 4.99 Å². The third-order valence-electron chi connectivity index (χ3n) is 6.26. The predicted octanol–water partition coefficient (Wildman–Crippen LogP) is 3.29. The quantitative estimate of drug-likeness (QED) is 0.323. The van der Waals surface area contributed by atoms with Gasteiger partial charge in [-0.1, -0.05) is 24.3 Å². The zero-order valence-electron chi connectivity index (χ0n) is 18.1. The van der Waals surface area contributed by atoms with Crippen LogP contribution in [0.4, 0.5) is 0 Å². The van der Waals surface area contributed by atoms with Crippen molar-refractivity contribution in [3.63, 3.8) is 0 Å². The highest BCUT2D eigenvalue weighted by atomic mass is 127. The molecule has 1 aromatic carbocycles. The SMILES string of the molecule is CN=C(NCc1cccc(COC2CCOCC2)c1)NC1CCN(C2CC2)CC1.I. The van der Waals surface area contributed by atoms with Gasteiger partial charge in [0, 0.05) is 52.0 Å². The van der Waals surface area contributed by atoms with Crippen molar-refractivity contribution in [2.45, 2.75) is 69.9 Å². The molecule has 0 atom stereocenters. The highest BCUT2D eigenvalue weighted by Crippen LogP contribution is 2.29. The molecule has 0 spiro atoms. The standard InChI is InChI=1S/C23H36N4O2.HI/c1-24-23(26-20-7-11-27(12-8-20)21-5-6-21)25-16-18-3-2-4-19(15-18)17-29-22-9-13-28-14-10-22;/h2-4,15,20-22H,5-14,16-17H2,1H3,(H2,24,25,26);1H. The minimum Gasteiger partial charge on any atom is -0.381 e. The summed E-state index contributed by atoms with van der Waals surface area (Å²) in [7, 11) is 1.85. The third kappa shape index (κ3) is 7.35. The normalized spacial score (nSPS) is 21.8. The summed E-state index contributed by atoms with van der Waals surface area (Å²) in [5, 5.41) is 7.09. The summed E-state index contributed by atoms with van der Waals surface area (Å²) in [6.45, 7) is 5.51. The van der Waals surface area contributed by atoms with Gasteiger partial charge in [-0.05, 0) is 49.7 Å². The number of piperidine rings is 1. The smallest absolute Gasteiger partial charge is 0.191 e. The Morgan fingerprint density at radius 1 is 1.10 bits per heavy atom. The van der Waals surface area contributed by atoms with Gasteiger partial charge in [0.25, 0.3) is 0 Å². The Morgan fingerprint density at radius 3 is 2.53 bits per heavy atom. The van der Waals surface area contributed by atoms with Crippen LogP contribution in [-0.4, -0.2) is 62.4 Å². The highest BCUT2D eigenvalue weighted by Gasteiger charge is 2.31. The van der Waals surface area contributed by atoms with E-state index in [0.29, 0.717) is 18.8 Å². The van der Waals surface area contributed by atoms with Crippen LogP contribution in [0.1, 0.15) is 49.7 Å². The van der Waals surface area contributed by atoms with E-state index in [1.807, 2.05) is 7.05 Å². The molecular weight excluding hydrogens is 491 g/mol. The van der Waals surface area contributed by atoms with Crippen LogP contribution in [0.2, 0.25) is 0 Å². The summed E-state index contributed by atoms with van der Waals surface area (Å²) < 4.78 is 11.5. The van der Waals surface area contributed by atoms with Gasteiger partial charge < -0.3 is 25.0 Å². The molecule has 6 nitrogen and oxygen atoms in total. The van der Waals surface area contributed by atoms with E-state index in [1.54, 1.807) is 0 Å². The molecule has 0 amide bonds. The number of nitrogens with one attached hydrogen (secondary N) is 2. The number of likely N-dealkylation sites (tertiary alicyclic amines) is 1. The number of hydrogen-bond donors (Lipinski definition) is 2. The van der Waals surface area contributed by atoms with Gasteiger partial charge in [-0.25, -0.2) is 0 Å². The molecule has 2 N–H and O–H groups in total. The first-order valence-electron chi connectivity index (χ1n) is 11.3. The molecule has 0 radical (unpaired) electrons. The van der Waals surface area contributed by atoms with Gasteiger partial charge in [0.1, 0.15) is 0 Å². The Labute approximate surface area is 198 Å². The molecule has 0 unspecified atom stereocenters. The molecule has 168 valence electrons. The largest absolute Gasteiger partial charge is 0.381 e. The van der Waals surface area contributed by atoms with E-state index >= 15 is 0 Å². The van der Waals surface area contributed by atoms with Crippen molar-refractivity contribution in [1.29, 1.82) is 0 Å². The molecule has 0 bridgehead atoms. The minimum atomic E-state index is 0.